The largest absolute Gasteiger partial charge is 0.370 e. The number of morpholine rings is 1. The topological polar surface area (TPSA) is 80.6 Å². The Kier molecular flexibility index (Phi) is 6.31. The van der Waals surface area contributed by atoms with Gasteiger partial charge in [-0.1, -0.05) is 30.3 Å². The molecule has 0 unspecified atom stereocenters. The molecule has 8 heteroatoms. The van der Waals surface area contributed by atoms with Crippen LogP contribution in [0, 0.1) is 0 Å². The zero-order valence-corrected chi connectivity index (χ0v) is 21.1. The second kappa shape index (κ2) is 10.1. The summed E-state index contributed by atoms with van der Waals surface area (Å²) in [5.74, 6) is 0.0000301. The molecule has 6 rings (SSSR count). The molecular weight excluding hydrogens is 478 g/mol. The number of hydrogen-bond acceptors (Lipinski definition) is 6. The van der Waals surface area contributed by atoms with E-state index < -0.39 is 0 Å². The number of aryl methyl sites for hydroxylation is 1. The van der Waals surface area contributed by atoms with E-state index in [0.717, 1.165) is 27.9 Å². The summed E-state index contributed by atoms with van der Waals surface area (Å²) in [6.45, 7) is 2.40. The fourth-order valence-corrected chi connectivity index (χ4v) is 4.91. The molecular formula is C30H27N5O3. The van der Waals surface area contributed by atoms with E-state index >= 15 is 0 Å². The number of nitrogens with zero attached hydrogens (tertiary/aromatic N) is 5. The normalized spacial score (nSPS) is 13.8. The Bertz CT molecular complexity index is 1700. The fraction of sp³-hybridized carbons (Fsp3) is 0.200. The highest BCUT2D eigenvalue weighted by Crippen LogP contribution is 2.29. The first-order valence-electron chi connectivity index (χ1n) is 12.6. The summed E-state index contributed by atoms with van der Waals surface area (Å²) in [5, 5.41) is 6.27. The number of carbonyl (C=O) groups is 1. The molecule has 0 aliphatic carbocycles. The number of amides is 1. The summed E-state index contributed by atoms with van der Waals surface area (Å²) in [6, 6.07) is 21.7. The van der Waals surface area contributed by atoms with E-state index in [1.165, 1.54) is 0 Å². The molecule has 5 aromatic rings. The number of rotatable bonds is 6. The van der Waals surface area contributed by atoms with Crippen molar-refractivity contribution in [1.82, 2.24) is 19.7 Å². The third-order valence-corrected chi connectivity index (χ3v) is 6.96. The standard InChI is InChI=1S/C30H27N5O3/c1-33-19-23(18-32-33)22-15-27-28(31-17-22)10-8-21-7-9-25(16-26(21)30(27)37)35(24-5-3-2-4-6-24)12-11-34-13-14-38-20-29(34)36/h2-10,15-19H,11-14,20H2,1H3. The van der Waals surface area contributed by atoms with Crippen LogP contribution in [0.4, 0.5) is 11.4 Å². The number of ether oxygens (including phenoxy) is 1. The third kappa shape index (κ3) is 4.62. The first-order chi connectivity index (χ1) is 18.6. The highest BCUT2D eigenvalue weighted by Gasteiger charge is 2.20. The molecule has 8 nitrogen and oxygen atoms in total. The molecule has 3 heterocycles. The van der Waals surface area contributed by atoms with E-state index in [1.54, 1.807) is 17.1 Å². The number of aromatic nitrogens is 3. The van der Waals surface area contributed by atoms with Gasteiger partial charge in [0.15, 0.2) is 5.43 Å². The van der Waals surface area contributed by atoms with E-state index in [4.69, 9.17) is 4.74 Å². The van der Waals surface area contributed by atoms with Gasteiger partial charge in [0.25, 0.3) is 0 Å². The molecule has 190 valence electrons. The summed E-state index contributed by atoms with van der Waals surface area (Å²) >= 11 is 0. The van der Waals surface area contributed by atoms with Crippen LogP contribution in [-0.2, 0) is 16.6 Å². The maximum absolute atomic E-state index is 13.9. The van der Waals surface area contributed by atoms with Gasteiger partial charge in [-0.3, -0.25) is 19.3 Å². The maximum atomic E-state index is 13.9. The Labute approximate surface area is 219 Å². The zero-order valence-electron chi connectivity index (χ0n) is 21.1. The van der Waals surface area contributed by atoms with Gasteiger partial charge in [0, 0.05) is 72.3 Å². The van der Waals surface area contributed by atoms with Crippen molar-refractivity contribution in [3.05, 3.63) is 95.5 Å². The van der Waals surface area contributed by atoms with Crippen molar-refractivity contribution in [1.29, 1.82) is 0 Å². The number of carbonyl (C=O) groups excluding carboxylic acids is 1. The maximum Gasteiger partial charge on any atom is 0.248 e. The average molecular weight is 506 g/mol. The number of hydrogen-bond donors (Lipinski definition) is 0. The van der Waals surface area contributed by atoms with Gasteiger partial charge in [0.1, 0.15) is 6.61 Å². The minimum atomic E-state index is -0.0727. The molecule has 0 N–H and O–H groups in total. The number of pyridine rings is 1. The van der Waals surface area contributed by atoms with Crippen molar-refractivity contribution in [3.63, 3.8) is 0 Å². The van der Waals surface area contributed by atoms with Crippen LogP contribution < -0.4 is 10.3 Å². The van der Waals surface area contributed by atoms with Crippen molar-refractivity contribution in [2.24, 2.45) is 7.05 Å². The monoisotopic (exact) mass is 505 g/mol. The quantitative estimate of drug-likeness (QED) is 0.345. The molecule has 0 spiro atoms. The van der Waals surface area contributed by atoms with Gasteiger partial charge in [-0.05, 0) is 41.8 Å². The number of fused-ring (bicyclic) bond motifs is 2. The highest BCUT2D eigenvalue weighted by molar-refractivity contribution is 5.95. The van der Waals surface area contributed by atoms with Crippen molar-refractivity contribution in [3.8, 4) is 11.1 Å². The molecule has 1 aliphatic rings. The first-order valence-corrected chi connectivity index (χ1v) is 12.6. The van der Waals surface area contributed by atoms with Crippen molar-refractivity contribution < 1.29 is 9.53 Å². The van der Waals surface area contributed by atoms with Crippen LogP contribution in [0.3, 0.4) is 0 Å². The number of benzene rings is 2. The molecule has 1 aliphatic heterocycles. The summed E-state index contributed by atoms with van der Waals surface area (Å²) in [6.07, 6.45) is 5.45. The predicted octanol–water partition coefficient (Wildman–Crippen LogP) is 4.15. The van der Waals surface area contributed by atoms with Crippen LogP contribution in [0.25, 0.3) is 32.8 Å². The van der Waals surface area contributed by atoms with Crippen LogP contribution in [0.2, 0.25) is 0 Å². The van der Waals surface area contributed by atoms with E-state index in [2.05, 4.69) is 15.0 Å². The predicted molar refractivity (Wildman–Crippen MR) is 149 cm³/mol. The second-order valence-corrected chi connectivity index (χ2v) is 9.41. The van der Waals surface area contributed by atoms with Gasteiger partial charge in [0.05, 0.1) is 18.3 Å². The molecule has 0 saturated carbocycles. The van der Waals surface area contributed by atoms with Crippen LogP contribution in [-0.4, -0.2) is 58.4 Å². The third-order valence-electron chi connectivity index (χ3n) is 6.96. The van der Waals surface area contributed by atoms with Crippen molar-refractivity contribution in [2.75, 3.05) is 37.7 Å². The molecule has 1 fully saturated rings. The molecule has 3 aromatic carbocycles. The Morgan fingerprint density at radius 3 is 2.55 bits per heavy atom. The summed E-state index contributed by atoms with van der Waals surface area (Å²) < 4.78 is 7.01. The zero-order chi connectivity index (χ0) is 26.1. The number of para-hydroxylation sites is 1. The Morgan fingerprint density at radius 1 is 0.921 bits per heavy atom. The molecule has 0 atom stereocenters. The van der Waals surface area contributed by atoms with Gasteiger partial charge in [0.2, 0.25) is 5.91 Å². The molecule has 1 saturated heterocycles. The summed E-state index contributed by atoms with van der Waals surface area (Å²) in [7, 11) is 1.86. The Morgan fingerprint density at radius 2 is 1.76 bits per heavy atom. The minimum Gasteiger partial charge on any atom is -0.370 e. The Balaban J connectivity index is 1.44. The molecule has 2 aromatic heterocycles. The first kappa shape index (κ1) is 23.8. The van der Waals surface area contributed by atoms with Crippen LogP contribution in [0.1, 0.15) is 0 Å². The molecule has 0 radical (unpaired) electrons. The summed E-state index contributed by atoms with van der Waals surface area (Å²) in [5.41, 5.74) is 4.20. The van der Waals surface area contributed by atoms with E-state index in [-0.39, 0.29) is 17.9 Å². The minimum absolute atomic E-state index is 0.0000301. The molecule has 0 bridgehead atoms. The van der Waals surface area contributed by atoms with Gasteiger partial charge < -0.3 is 14.5 Å². The lowest BCUT2D eigenvalue weighted by atomic mass is 10.1. The van der Waals surface area contributed by atoms with E-state index in [0.29, 0.717) is 42.5 Å². The fourth-order valence-electron chi connectivity index (χ4n) is 4.91. The van der Waals surface area contributed by atoms with Crippen molar-refractivity contribution in [2.45, 2.75) is 0 Å². The van der Waals surface area contributed by atoms with Crippen LogP contribution >= 0.6 is 0 Å². The Hall–Kier alpha value is -4.56. The van der Waals surface area contributed by atoms with Gasteiger partial charge in [-0.25, -0.2) is 0 Å². The summed E-state index contributed by atoms with van der Waals surface area (Å²) in [4.78, 5) is 34.8. The van der Waals surface area contributed by atoms with Gasteiger partial charge in [-0.2, -0.15) is 5.10 Å². The van der Waals surface area contributed by atoms with E-state index in [1.807, 2.05) is 84.9 Å². The highest BCUT2D eigenvalue weighted by atomic mass is 16.5. The molecule has 38 heavy (non-hydrogen) atoms. The lowest BCUT2D eigenvalue weighted by Crippen LogP contribution is -2.44. The second-order valence-electron chi connectivity index (χ2n) is 9.41. The average Bonchev–Trinajstić information content (AvgIpc) is 3.34. The smallest absolute Gasteiger partial charge is 0.248 e. The van der Waals surface area contributed by atoms with Gasteiger partial charge >= 0.3 is 0 Å². The van der Waals surface area contributed by atoms with Crippen LogP contribution in [0.15, 0.2) is 90.1 Å². The SMILES string of the molecule is Cn1cc(-c2cnc3ccc4ccc(N(CCN5CCOCC5=O)c5ccccc5)cc4c(=O)c3c2)cn1. The van der Waals surface area contributed by atoms with E-state index in [9.17, 15) is 9.59 Å². The van der Waals surface area contributed by atoms with Gasteiger partial charge in [-0.15, -0.1) is 0 Å². The molecule has 1 amide bonds. The lowest BCUT2D eigenvalue weighted by molar-refractivity contribution is -0.142. The number of anilines is 2. The van der Waals surface area contributed by atoms with Crippen molar-refractivity contribution >= 4 is 39.0 Å². The van der Waals surface area contributed by atoms with Crippen LogP contribution in [0.5, 0.6) is 0 Å². The lowest BCUT2D eigenvalue weighted by Gasteiger charge is -2.31.